The molecule has 3 aromatic carbocycles. The van der Waals surface area contributed by atoms with Crippen LogP contribution in [0.2, 0.25) is 6.55 Å². The second-order valence-electron chi connectivity index (χ2n) is 9.10. The van der Waals surface area contributed by atoms with Crippen molar-refractivity contribution in [1.29, 1.82) is 0 Å². The van der Waals surface area contributed by atoms with Gasteiger partial charge < -0.3 is 27.8 Å². The van der Waals surface area contributed by atoms with E-state index in [0.29, 0.717) is 29.4 Å². The van der Waals surface area contributed by atoms with Crippen LogP contribution in [-0.4, -0.2) is 42.5 Å². The monoisotopic (exact) mass is 552 g/mol. The lowest BCUT2D eigenvalue weighted by Crippen LogP contribution is -2.57. The Morgan fingerprint density at radius 2 is 1.49 bits per heavy atom. The number of hydrogen-bond donors (Lipinski definition) is 0. The molecule has 1 aliphatic heterocycles. The fourth-order valence-electron chi connectivity index (χ4n) is 4.39. The molecule has 0 saturated carbocycles. The number of aryl methyl sites for hydroxylation is 2. The topological polar surface area (TPSA) is 90.9 Å². The van der Waals surface area contributed by atoms with Gasteiger partial charge in [-0.2, -0.15) is 4.89 Å². The summed E-state index contributed by atoms with van der Waals surface area (Å²) in [6.07, 6.45) is 0.448. The summed E-state index contributed by atoms with van der Waals surface area (Å²) in [5.41, 5.74) is 3.44. The molecule has 3 aromatic rings. The third-order valence-electron chi connectivity index (χ3n) is 6.23. The molecule has 206 valence electrons. The Morgan fingerprint density at radius 3 is 2.05 bits per heavy atom. The Hall–Kier alpha value is -4.15. The molecule has 0 spiro atoms. The van der Waals surface area contributed by atoms with Crippen molar-refractivity contribution in [1.82, 2.24) is 0 Å². The lowest BCUT2D eigenvalue weighted by molar-refractivity contribution is -0.260. The summed E-state index contributed by atoms with van der Waals surface area (Å²) >= 11 is 0. The van der Waals surface area contributed by atoms with E-state index in [2.05, 4.69) is 11.5 Å². The van der Waals surface area contributed by atoms with E-state index >= 15 is 0 Å². The van der Waals surface area contributed by atoms with Crippen LogP contribution < -0.4 is 28.2 Å². The second kappa shape index (κ2) is 11.7. The standard InChI is InChI=1S/C29H32O9Si/c1-18-12-24(34-17-27(30)32-5)15-21-14-22-16-25(35-20(3)36-33-6)13-19(2)29(22)38-39(7,37-28(18)21)26-10-8-23(31-4)9-11-26/h8-13,15-16H,3,14,17H2,1-2,4-7H3. The van der Waals surface area contributed by atoms with Crippen LogP contribution in [0.15, 0.2) is 61.1 Å². The first-order valence-electron chi connectivity index (χ1n) is 12.2. The van der Waals surface area contributed by atoms with Crippen LogP contribution in [0.1, 0.15) is 22.3 Å². The maximum absolute atomic E-state index is 11.7. The largest absolute Gasteiger partial charge is 0.508 e. The maximum atomic E-state index is 11.7. The minimum absolute atomic E-state index is 0.000803. The van der Waals surface area contributed by atoms with Crippen molar-refractivity contribution in [2.24, 2.45) is 0 Å². The number of methoxy groups -OCH3 is 2. The number of esters is 1. The van der Waals surface area contributed by atoms with Crippen molar-refractivity contribution in [3.05, 3.63) is 83.3 Å². The summed E-state index contributed by atoms with van der Waals surface area (Å²) in [6.45, 7) is 9.40. The van der Waals surface area contributed by atoms with Crippen LogP contribution in [0.3, 0.4) is 0 Å². The molecule has 1 heterocycles. The highest BCUT2D eigenvalue weighted by molar-refractivity contribution is 6.81. The SMILES string of the molecule is C=C(OOC)Oc1cc(C)c2c(c1)Cc1cc(OCC(=O)OC)cc(C)c1O[Si](C)(c1ccc(OC)cc1)O2. The molecular weight excluding hydrogens is 520 g/mol. The first kappa shape index (κ1) is 27.9. The average molecular weight is 553 g/mol. The van der Waals surface area contributed by atoms with Crippen molar-refractivity contribution in [3.63, 3.8) is 0 Å². The molecule has 39 heavy (non-hydrogen) atoms. The molecule has 0 amide bonds. The molecule has 9 nitrogen and oxygen atoms in total. The molecule has 0 saturated heterocycles. The van der Waals surface area contributed by atoms with Crippen LogP contribution in [-0.2, 0) is 25.7 Å². The Kier molecular flexibility index (Phi) is 8.37. The summed E-state index contributed by atoms with van der Waals surface area (Å²) in [5, 5.41) is 0.925. The van der Waals surface area contributed by atoms with Crippen LogP contribution in [0.4, 0.5) is 0 Å². The van der Waals surface area contributed by atoms with Crippen LogP contribution in [0.5, 0.6) is 28.7 Å². The molecule has 0 aromatic heterocycles. The van der Waals surface area contributed by atoms with Gasteiger partial charge in [0.05, 0.1) is 21.3 Å². The van der Waals surface area contributed by atoms with Crippen molar-refractivity contribution in [2.45, 2.75) is 26.8 Å². The smallest absolute Gasteiger partial charge is 0.492 e. The molecular formula is C29H32O9Si. The highest BCUT2D eigenvalue weighted by atomic mass is 28.4. The zero-order valence-electron chi connectivity index (χ0n) is 22.9. The van der Waals surface area contributed by atoms with Crippen molar-refractivity contribution in [2.75, 3.05) is 27.9 Å². The van der Waals surface area contributed by atoms with E-state index in [-0.39, 0.29) is 12.6 Å². The van der Waals surface area contributed by atoms with Crippen LogP contribution in [0, 0.1) is 13.8 Å². The number of rotatable bonds is 9. The molecule has 0 N–H and O–H groups in total. The summed E-state index contributed by atoms with van der Waals surface area (Å²) in [4.78, 5) is 21.2. The quantitative estimate of drug-likeness (QED) is 0.124. The van der Waals surface area contributed by atoms with Gasteiger partial charge in [0.25, 0.3) is 0 Å². The zero-order valence-corrected chi connectivity index (χ0v) is 23.9. The van der Waals surface area contributed by atoms with Gasteiger partial charge in [0.1, 0.15) is 28.7 Å². The van der Waals surface area contributed by atoms with E-state index in [1.807, 2.05) is 68.9 Å². The number of ether oxygens (including phenoxy) is 4. The fraction of sp³-hybridized carbons (Fsp3) is 0.276. The Bertz CT molecular complexity index is 1370. The molecule has 1 unspecified atom stereocenters. The van der Waals surface area contributed by atoms with Gasteiger partial charge in [-0.25, -0.2) is 4.79 Å². The van der Waals surface area contributed by atoms with Gasteiger partial charge in [0, 0.05) is 29.3 Å². The molecule has 4 rings (SSSR count). The van der Waals surface area contributed by atoms with Gasteiger partial charge in [0.2, 0.25) is 0 Å². The Morgan fingerprint density at radius 1 is 0.897 bits per heavy atom. The fourth-order valence-corrected chi connectivity index (χ4v) is 6.80. The van der Waals surface area contributed by atoms with Crippen LogP contribution in [0.25, 0.3) is 0 Å². The number of carbonyl (C=O) groups excluding carboxylic acids is 1. The minimum Gasteiger partial charge on any atom is -0.508 e. The summed E-state index contributed by atoms with van der Waals surface area (Å²) < 4.78 is 35.1. The second-order valence-corrected chi connectivity index (χ2v) is 12.0. The Balaban J connectivity index is 1.84. The first-order chi connectivity index (χ1) is 18.6. The van der Waals surface area contributed by atoms with Crippen molar-refractivity contribution < 1.29 is 42.4 Å². The van der Waals surface area contributed by atoms with Crippen molar-refractivity contribution >= 4 is 19.7 Å². The van der Waals surface area contributed by atoms with E-state index < -0.39 is 14.5 Å². The highest BCUT2D eigenvalue weighted by Crippen LogP contribution is 2.40. The molecule has 10 heteroatoms. The van der Waals surface area contributed by atoms with E-state index in [1.54, 1.807) is 7.11 Å². The van der Waals surface area contributed by atoms with E-state index in [4.69, 9.17) is 32.7 Å². The van der Waals surface area contributed by atoms with Gasteiger partial charge in [-0.1, -0.05) is 12.1 Å². The summed E-state index contributed by atoms with van der Waals surface area (Å²) in [6, 6.07) is 15.1. The predicted molar refractivity (Wildman–Crippen MR) is 146 cm³/mol. The van der Waals surface area contributed by atoms with Gasteiger partial charge >= 0.3 is 20.5 Å². The summed E-state index contributed by atoms with van der Waals surface area (Å²) in [7, 11) is 1.23. The van der Waals surface area contributed by atoms with Crippen molar-refractivity contribution in [3.8, 4) is 28.7 Å². The van der Waals surface area contributed by atoms with E-state index in [0.717, 1.165) is 33.2 Å². The molecule has 0 fully saturated rings. The maximum Gasteiger partial charge on any atom is 0.492 e. The molecule has 0 bridgehead atoms. The zero-order chi connectivity index (χ0) is 28.2. The first-order valence-corrected chi connectivity index (χ1v) is 14.5. The van der Waals surface area contributed by atoms with Gasteiger partial charge in [-0.15, -0.1) is 0 Å². The van der Waals surface area contributed by atoms with E-state index in [9.17, 15) is 4.79 Å². The third kappa shape index (κ3) is 6.29. The predicted octanol–water partition coefficient (Wildman–Crippen LogP) is 4.63. The lowest BCUT2D eigenvalue weighted by Gasteiger charge is -2.34. The third-order valence-corrected chi connectivity index (χ3v) is 8.80. The number of fused-ring (bicyclic) bond motifs is 2. The van der Waals surface area contributed by atoms with Gasteiger partial charge in [-0.05, 0) is 68.0 Å². The normalized spacial score (nSPS) is 15.7. The average Bonchev–Trinajstić information content (AvgIpc) is 2.90. The lowest BCUT2D eigenvalue weighted by atomic mass is 9.98. The van der Waals surface area contributed by atoms with Crippen LogP contribution >= 0.6 is 0 Å². The van der Waals surface area contributed by atoms with Gasteiger partial charge in [0.15, 0.2) is 6.61 Å². The number of benzene rings is 3. The van der Waals surface area contributed by atoms with E-state index in [1.165, 1.54) is 14.2 Å². The summed E-state index contributed by atoms with van der Waals surface area (Å²) in [5.74, 6) is 2.72. The number of carbonyl (C=O) groups is 1. The number of hydrogen-bond acceptors (Lipinski definition) is 9. The van der Waals surface area contributed by atoms with Gasteiger partial charge in [-0.3, -0.25) is 4.89 Å². The Labute approximate surface area is 228 Å². The molecule has 0 radical (unpaired) electrons. The molecule has 1 atom stereocenters. The minimum atomic E-state index is -3.09. The highest BCUT2D eigenvalue weighted by Gasteiger charge is 2.42. The molecule has 1 aliphatic rings. The molecule has 0 aliphatic carbocycles.